The van der Waals surface area contributed by atoms with E-state index in [4.69, 9.17) is 0 Å². The van der Waals surface area contributed by atoms with E-state index < -0.39 is 0 Å². The maximum absolute atomic E-state index is 10.1. The maximum atomic E-state index is 10.1. The molecule has 0 bridgehead atoms. The van der Waals surface area contributed by atoms with Crippen LogP contribution in [-0.2, 0) is 0 Å². The second-order valence-electron chi connectivity index (χ2n) is 3.73. The van der Waals surface area contributed by atoms with Crippen molar-refractivity contribution in [1.29, 1.82) is 0 Å². The van der Waals surface area contributed by atoms with Gasteiger partial charge in [-0.2, -0.15) is 5.10 Å². The van der Waals surface area contributed by atoms with Gasteiger partial charge >= 0.3 is 0 Å². The number of hydrogen-bond donors (Lipinski definition) is 1. The topological polar surface area (TPSA) is 58.6 Å². The molecule has 0 unspecified atom stereocenters. The van der Waals surface area contributed by atoms with Gasteiger partial charge in [-0.1, -0.05) is 60.7 Å². The third-order valence-corrected chi connectivity index (χ3v) is 2.39. The first kappa shape index (κ1) is 12.7. The fourth-order valence-electron chi connectivity index (χ4n) is 1.51. The fraction of sp³-hybridized carbons (Fsp3) is 0. The fourth-order valence-corrected chi connectivity index (χ4v) is 1.51. The molecule has 0 fully saturated rings. The summed E-state index contributed by atoms with van der Waals surface area (Å²) in [5.74, 6) is 0. The Kier molecular flexibility index (Phi) is 4.58. The molecule has 1 heterocycles. The Balaban J connectivity index is 0.000000163. The molecular formula is C15H13N3O. The molecule has 0 saturated carbocycles. The molecule has 0 aliphatic heterocycles. The highest BCUT2D eigenvalue weighted by Gasteiger charge is 1.91. The molecule has 0 atom stereocenters. The van der Waals surface area contributed by atoms with Gasteiger partial charge in [0.25, 0.3) is 5.56 Å². The van der Waals surface area contributed by atoms with Crippen LogP contribution >= 0.6 is 0 Å². The first-order chi connectivity index (χ1) is 9.36. The van der Waals surface area contributed by atoms with E-state index in [1.807, 2.05) is 12.1 Å². The minimum atomic E-state index is -0.227. The van der Waals surface area contributed by atoms with E-state index in [0.717, 1.165) is 6.20 Å². The van der Waals surface area contributed by atoms with E-state index in [1.165, 1.54) is 17.5 Å². The molecule has 0 amide bonds. The van der Waals surface area contributed by atoms with Gasteiger partial charge in [0.15, 0.2) is 0 Å². The molecule has 3 rings (SSSR count). The number of nitrogens with zero attached hydrogens (tertiary/aromatic N) is 2. The molecule has 19 heavy (non-hydrogen) atoms. The molecule has 2 aromatic carbocycles. The number of aromatic nitrogens is 3. The monoisotopic (exact) mass is 251 g/mol. The van der Waals surface area contributed by atoms with Crippen LogP contribution in [0.3, 0.4) is 0 Å². The van der Waals surface area contributed by atoms with E-state index in [0.29, 0.717) is 0 Å². The van der Waals surface area contributed by atoms with Gasteiger partial charge in [0, 0.05) is 0 Å². The summed E-state index contributed by atoms with van der Waals surface area (Å²) < 4.78 is 0. The Morgan fingerprint density at radius 3 is 1.58 bits per heavy atom. The van der Waals surface area contributed by atoms with Crippen LogP contribution in [-0.4, -0.2) is 15.2 Å². The molecule has 0 saturated heterocycles. The molecule has 1 aromatic heterocycles. The van der Waals surface area contributed by atoms with Crippen LogP contribution < -0.4 is 5.56 Å². The lowest BCUT2D eigenvalue weighted by Crippen LogP contribution is -2.03. The smallest absolute Gasteiger partial charge is 0.269 e. The van der Waals surface area contributed by atoms with Gasteiger partial charge < -0.3 is 4.98 Å². The lowest BCUT2D eigenvalue weighted by atomic mass is 10.1. The molecule has 94 valence electrons. The average Bonchev–Trinajstić information content (AvgIpc) is 2.51. The first-order valence-corrected chi connectivity index (χ1v) is 5.82. The highest BCUT2D eigenvalue weighted by Crippen LogP contribution is 2.17. The van der Waals surface area contributed by atoms with Crippen LogP contribution in [0.2, 0.25) is 0 Å². The molecule has 0 aliphatic carbocycles. The van der Waals surface area contributed by atoms with E-state index in [1.54, 1.807) is 0 Å². The minimum absolute atomic E-state index is 0.227. The number of H-pyrrole nitrogens is 1. The number of hydrogen-bond acceptors (Lipinski definition) is 3. The van der Waals surface area contributed by atoms with Crippen LogP contribution in [0.1, 0.15) is 0 Å². The molecule has 4 nitrogen and oxygen atoms in total. The molecular weight excluding hydrogens is 238 g/mol. The molecule has 0 spiro atoms. The zero-order valence-electron chi connectivity index (χ0n) is 10.2. The standard InChI is InChI=1S/C12H10.C3H3N3O/c1-3-7-11(8-4-1)12-9-5-2-6-10-12;7-3-1-5-6-2-4-3/h1-10H;1-2H,(H,4,6,7). The van der Waals surface area contributed by atoms with Crippen molar-refractivity contribution in [2.75, 3.05) is 0 Å². The van der Waals surface area contributed by atoms with Crippen molar-refractivity contribution in [2.45, 2.75) is 0 Å². The van der Waals surface area contributed by atoms with Crippen molar-refractivity contribution < 1.29 is 0 Å². The zero-order chi connectivity index (χ0) is 13.3. The Morgan fingerprint density at radius 1 is 0.737 bits per heavy atom. The first-order valence-electron chi connectivity index (χ1n) is 5.82. The Morgan fingerprint density at radius 2 is 1.26 bits per heavy atom. The number of benzene rings is 2. The van der Waals surface area contributed by atoms with E-state index in [2.05, 4.69) is 63.7 Å². The largest absolute Gasteiger partial charge is 0.310 e. The van der Waals surface area contributed by atoms with Gasteiger partial charge in [-0.05, 0) is 11.1 Å². The van der Waals surface area contributed by atoms with Crippen molar-refractivity contribution in [3.8, 4) is 11.1 Å². The molecule has 1 N–H and O–H groups in total. The van der Waals surface area contributed by atoms with Crippen LogP contribution in [0, 0.1) is 0 Å². The summed E-state index contributed by atoms with van der Waals surface area (Å²) in [5.41, 5.74) is 2.33. The van der Waals surface area contributed by atoms with E-state index in [9.17, 15) is 4.79 Å². The van der Waals surface area contributed by atoms with Crippen LogP contribution in [0.5, 0.6) is 0 Å². The highest BCUT2D eigenvalue weighted by atomic mass is 16.1. The van der Waals surface area contributed by atoms with Gasteiger partial charge in [-0.25, -0.2) is 0 Å². The minimum Gasteiger partial charge on any atom is -0.310 e. The third-order valence-electron chi connectivity index (χ3n) is 2.39. The molecule has 0 aliphatic rings. The second kappa shape index (κ2) is 6.86. The van der Waals surface area contributed by atoms with Crippen molar-refractivity contribution in [3.63, 3.8) is 0 Å². The predicted octanol–water partition coefficient (Wildman–Crippen LogP) is 2.52. The summed E-state index contributed by atoms with van der Waals surface area (Å²) in [4.78, 5) is 12.4. The number of rotatable bonds is 1. The number of aromatic amines is 1. The lowest BCUT2D eigenvalue weighted by molar-refractivity contribution is 0.943. The summed E-state index contributed by atoms with van der Waals surface area (Å²) in [5, 5.41) is 6.63. The van der Waals surface area contributed by atoms with Crippen LogP contribution in [0.25, 0.3) is 11.1 Å². The van der Waals surface area contributed by atoms with Crippen molar-refractivity contribution in [1.82, 2.24) is 15.2 Å². The predicted molar refractivity (Wildman–Crippen MR) is 74.5 cm³/mol. The second-order valence-corrected chi connectivity index (χ2v) is 3.73. The Bertz CT molecular complexity index is 596. The molecule has 3 aromatic rings. The zero-order valence-corrected chi connectivity index (χ0v) is 10.2. The quantitative estimate of drug-likeness (QED) is 0.723. The van der Waals surface area contributed by atoms with Crippen LogP contribution in [0.4, 0.5) is 0 Å². The summed E-state index contributed by atoms with van der Waals surface area (Å²) in [6.45, 7) is 0. The molecule has 4 heteroatoms. The Hall–Kier alpha value is -2.75. The van der Waals surface area contributed by atoms with E-state index in [-0.39, 0.29) is 5.56 Å². The summed E-state index contributed by atoms with van der Waals surface area (Å²) in [6.07, 6.45) is 2.35. The van der Waals surface area contributed by atoms with Gasteiger partial charge in [0.2, 0.25) is 0 Å². The van der Waals surface area contributed by atoms with Gasteiger partial charge in [-0.3, -0.25) is 4.79 Å². The average molecular weight is 251 g/mol. The summed E-state index contributed by atoms with van der Waals surface area (Å²) in [6, 6.07) is 20.8. The van der Waals surface area contributed by atoms with Crippen molar-refractivity contribution >= 4 is 0 Å². The summed E-state index contributed by atoms with van der Waals surface area (Å²) >= 11 is 0. The highest BCUT2D eigenvalue weighted by molar-refractivity contribution is 5.62. The Labute approximate surface area is 110 Å². The van der Waals surface area contributed by atoms with Crippen molar-refractivity contribution in [3.05, 3.63) is 83.5 Å². The number of nitrogens with one attached hydrogen (secondary N) is 1. The van der Waals surface area contributed by atoms with E-state index >= 15 is 0 Å². The SMILES string of the molecule is O=c1cnnc[nH]1.c1ccc(-c2ccccc2)cc1. The summed E-state index contributed by atoms with van der Waals surface area (Å²) in [7, 11) is 0. The third kappa shape index (κ3) is 4.20. The van der Waals surface area contributed by atoms with Crippen LogP contribution in [0.15, 0.2) is 78.0 Å². The lowest BCUT2D eigenvalue weighted by Gasteiger charge is -1.98. The maximum Gasteiger partial charge on any atom is 0.269 e. The van der Waals surface area contributed by atoms with Crippen molar-refractivity contribution in [2.24, 2.45) is 0 Å². The van der Waals surface area contributed by atoms with Gasteiger partial charge in [0.05, 0.1) is 0 Å². The normalized spacial score (nSPS) is 9.26. The molecule has 0 radical (unpaired) electrons. The van der Waals surface area contributed by atoms with Gasteiger partial charge in [-0.15, -0.1) is 5.10 Å². The van der Waals surface area contributed by atoms with Gasteiger partial charge in [0.1, 0.15) is 12.5 Å².